The molecule has 0 amide bonds. The third-order valence-electron chi connectivity index (χ3n) is 2.85. The van der Waals surface area contributed by atoms with Crippen LogP contribution < -0.4 is 10.2 Å². The van der Waals surface area contributed by atoms with Crippen LogP contribution in [0.4, 0.5) is 5.69 Å². The minimum absolute atomic E-state index is 0.539. The molecule has 1 aliphatic rings. The number of aromatic nitrogens is 1. The van der Waals surface area contributed by atoms with E-state index < -0.39 is 0 Å². The maximum Gasteiger partial charge on any atom is 0.0621 e. The van der Waals surface area contributed by atoms with E-state index in [0.29, 0.717) is 6.04 Å². The Morgan fingerprint density at radius 3 is 3.13 bits per heavy atom. The minimum Gasteiger partial charge on any atom is -0.365 e. The summed E-state index contributed by atoms with van der Waals surface area (Å²) >= 11 is 3.62. The van der Waals surface area contributed by atoms with Crippen LogP contribution in [0.5, 0.6) is 0 Å². The highest BCUT2D eigenvalue weighted by atomic mass is 79.9. The zero-order valence-corrected chi connectivity index (χ0v) is 10.7. The SMILES string of the molecule is Cc1nccc(N2CCNCC2C)c1Br. The van der Waals surface area contributed by atoms with E-state index in [0.717, 1.165) is 29.8 Å². The highest BCUT2D eigenvalue weighted by Crippen LogP contribution is 2.29. The average molecular weight is 270 g/mol. The molecule has 1 N–H and O–H groups in total. The lowest BCUT2D eigenvalue weighted by molar-refractivity contribution is 0.500. The molecule has 2 rings (SSSR count). The molecule has 1 atom stereocenters. The number of halogens is 1. The third-order valence-corrected chi connectivity index (χ3v) is 3.83. The van der Waals surface area contributed by atoms with Crippen LogP contribution >= 0.6 is 15.9 Å². The number of rotatable bonds is 1. The fourth-order valence-electron chi connectivity index (χ4n) is 1.96. The molecule has 0 radical (unpaired) electrons. The minimum atomic E-state index is 0.539. The summed E-state index contributed by atoms with van der Waals surface area (Å²) in [5.41, 5.74) is 2.31. The van der Waals surface area contributed by atoms with E-state index in [9.17, 15) is 0 Å². The van der Waals surface area contributed by atoms with Gasteiger partial charge in [-0.3, -0.25) is 4.98 Å². The van der Waals surface area contributed by atoms with Gasteiger partial charge in [0.15, 0.2) is 0 Å². The summed E-state index contributed by atoms with van der Waals surface area (Å²) in [4.78, 5) is 6.70. The number of nitrogens with one attached hydrogen (secondary N) is 1. The quantitative estimate of drug-likeness (QED) is 0.845. The molecule has 1 saturated heterocycles. The van der Waals surface area contributed by atoms with Crippen LogP contribution in [-0.4, -0.2) is 30.7 Å². The van der Waals surface area contributed by atoms with E-state index >= 15 is 0 Å². The summed E-state index contributed by atoms with van der Waals surface area (Å²) in [5.74, 6) is 0. The molecule has 0 aromatic carbocycles. The Kier molecular flexibility index (Phi) is 3.26. The number of hydrogen-bond acceptors (Lipinski definition) is 3. The number of hydrogen-bond donors (Lipinski definition) is 1. The van der Waals surface area contributed by atoms with Crippen LogP contribution in [-0.2, 0) is 0 Å². The molecule has 1 fully saturated rings. The molecule has 0 aliphatic carbocycles. The lowest BCUT2D eigenvalue weighted by Crippen LogP contribution is -2.50. The van der Waals surface area contributed by atoms with E-state index in [2.05, 4.69) is 44.1 Å². The van der Waals surface area contributed by atoms with Gasteiger partial charge in [0.2, 0.25) is 0 Å². The van der Waals surface area contributed by atoms with Gasteiger partial charge in [0.1, 0.15) is 0 Å². The average Bonchev–Trinajstić information content (AvgIpc) is 2.23. The van der Waals surface area contributed by atoms with E-state index in [1.807, 2.05) is 13.1 Å². The van der Waals surface area contributed by atoms with Crippen molar-refractivity contribution in [1.82, 2.24) is 10.3 Å². The van der Waals surface area contributed by atoms with Gasteiger partial charge < -0.3 is 10.2 Å². The molecule has 1 aliphatic heterocycles. The number of nitrogens with zero attached hydrogens (tertiary/aromatic N) is 2. The molecule has 0 bridgehead atoms. The van der Waals surface area contributed by atoms with Crippen LogP contribution in [0.15, 0.2) is 16.7 Å². The molecule has 0 saturated carbocycles. The van der Waals surface area contributed by atoms with Gasteiger partial charge in [0.05, 0.1) is 15.9 Å². The van der Waals surface area contributed by atoms with Crippen LogP contribution in [0.1, 0.15) is 12.6 Å². The van der Waals surface area contributed by atoms with E-state index in [4.69, 9.17) is 0 Å². The predicted molar refractivity (Wildman–Crippen MR) is 66.4 cm³/mol. The van der Waals surface area contributed by atoms with Gasteiger partial charge in [-0.05, 0) is 35.8 Å². The van der Waals surface area contributed by atoms with Gasteiger partial charge in [-0.15, -0.1) is 0 Å². The Bertz CT molecular complexity index is 354. The molecule has 1 aromatic heterocycles. The molecular weight excluding hydrogens is 254 g/mol. The highest BCUT2D eigenvalue weighted by molar-refractivity contribution is 9.10. The monoisotopic (exact) mass is 269 g/mol. The van der Waals surface area contributed by atoms with Crippen molar-refractivity contribution >= 4 is 21.6 Å². The molecule has 0 spiro atoms. The topological polar surface area (TPSA) is 28.2 Å². The first-order valence-electron chi connectivity index (χ1n) is 5.28. The highest BCUT2D eigenvalue weighted by Gasteiger charge is 2.20. The summed E-state index contributed by atoms with van der Waals surface area (Å²) in [6.45, 7) is 7.43. The van der Waals surface area contributed by atoms with Crippen LogP contribution in [0.2, 0.25) is 0 Å². The Morgan fingerprint density at radius 1 is 1.60 bits per heavy atom. The first kappa shape index (κ1) is 10.9. The van der Waals surface area contributed by atoms with Gasteiger partial charge in [0.25, 0.3) is 0 Å². The van der Waals surface area contributed by atoms with Crippen molar-refractivity contribution in [3.63, 3.8) is 0 Å². The van der Waals surface area contributed by atoms with Gasteiger partial charge in [-0.1, -0.05) is 0 Å². The van der Waals surface area contributed by atoms with Crippen molar-refractivity contribution in [1.29, 1.82) is 0 Å². The summed E-state index contributed by atoms with van der Waals surface area (Å²) < 4.78 is 1.12. The first-order chi connectivity index (χ1) is 7.20. The Hall–Kier alpha value is -0.610. The smallest absolute Gasteiger partial charge is 0.0621 e. The van der Waals surface area contributed by atoms with Gasteiger partial charge in [-0.25, -0.2) is 0 Å². The maximum absolute atomic E-state index is 4.27. The molecule has 3 nitrogen and oxygen atoms in total. The van der Waals surface area contributed by atoms with Gasteiger partial charge in [0, 0.05) is 31.9 Å². The zero-order chi connectivity index (χ0) is 10.8. The Labute approximate surface area is 99.0 Å². The molecule has 82 valence electrons. The van der Waals surface area contributed by atoms with E-state index in [-0.39, 0.29) is 0 Å². The molecule has 2 heterocycles. The maximum atomic E-state index is 4.27. The second-order valence-corrected chi connectivity index (χ2v) is 4.77. The van der Waals surface area contributed by atoms with Crippen LogP contribution in [0, 0.1) is 6.92 Å². The lowest BCUT2D eigenvalue weighted by Gasteiger charge is -2.36. The van der Waals surface area contributed by atoms with E-state index in [1.54, 1.807) is 0 Å². The lowest BCUT2D eigenvalue weighted by atomic mass is 10.2. The van der Waals surface area contributed by atoms with Crippen molar-refractivity contribution in [2.45, 2.75) is 19.9 Å². The standard InChI is InChI=1S/C11H16BrN3/c1-8-7-13-5-6-15(8)10-3-4-14-9(2)11(10)12/h3-4,8,13H,5-7H2,1-2H3. The fraction of sp³-hybridized carbons (Fsp3) is 0.545. The molecule has 15 heavy (non-hydrogen) atoms. The van der Waals surface area contributed by atoms with Crippen molar-refractivity contribution in [2.75, 3.05) is 24.5 Å². The second kappa shape index (κ2) is 4.49. The van der Waals surface area contributed by atoms with Gasteiger partial charge >= 0.3 is 0 Å². The van der Waals surface area contributed by atoms with Crippen molar-refractivity contribution in [3.8, 4) is 0 Å². The first-order valence-corrected chi connectivity index (χ1v) is 6.08. The number of anilines is 1. The largest absolute Gasteiger partial charge is 0.365 e. The predicted octanol–water partition coefficient (Wildman–Crippen LogP) is 1.95. The zero-order valence-electron chi connectivity index (χ0n) is 9.13. The summed E-state index contributed by atoms with van der Waals surface area (Å²) in [5, 5.41) is 3.40. The van der Waals surface area contributed by atoms with Crippen LogP contribution in [0.25, 0.3) is 0 Å². The van der Waals surface area contributed by atoms with Crippen LogP contribution in [0.3, 0.4) is 0 Å². The number of piperazine rings is 1. The third kappa shape index (κ3) is 2.16. The van der Waals surface area contributed by atoms with Crippen molar-refractivity contribution < 1.29 is 0 Å². The van der Waals surface area contributed by atoms with Crippen molar-refractivity contribution in [3.05, 3.63) is 22.4 Å². The molecular formula is C11H16BrN3. The fourth-order valence-corrected chi connectivity index (χ4v) is 2.42. The molecule has 1 aromatic rings. The summed E-state index contributed by atoms with van der Waals surface area (Å²) in [7, 11) is 0. The van der Waals surface area contributed by atoms with Crippen molar-refractivity contribution in [2.24, 2.45) is 0 Å². The Morgan fingerprint density at radius 2 is 2.40 bits per heavy atom. The second-order valence-electron chi connectivity index (χ2n) is 3.98. The normalized spacial score (nSPS) is 21.8. The molecule has 4 heteroatoms. The Balaban J connectivity index is 2.31. The number of aryl methyl sites for hydroxylation is 1. The molecule has 1 unspecified atom stereocenters. The summed E-state index contributed by atoms with van der Waals surface area (Å²) in [6.07, 6.45) is 1.88. The van der Waals surface area contributed by atoms with E-state index in [1.165, 1.54) is 5.69 Å². The summed E-state index contributed by atoms with van der Waals surface area (Å²) in [6, 6.07) is 2.62. The number of pyridine rings is 1. The van der Waals surface area contributed by atoms with Gasteiger partial charge in [-0.2, -0.15) is 0 Å².